The first-order valence-electron chi connectivity index (χ1n) is 9.01. The van der Waals surface area contributed by atoms with Gasteiger partial charge in [-0.15, -0.1) is 0 Å². The first-order valence-corrected chi connectivity index (χ1v) is 10.5. The van der Waals surface area contributed by atoms with Crippen LogP contribution in [0.1, 0.15) is 36.7 Å². The summed E-state index contributed by atoms with van der Waals surface area (Å²) in [6, 6.07) is 11.6. The van der Waals surface area contributed by atoms with Gasteiger partial charge < -0.3 is 14.8 Å². The highest BCUT2D eigenvalue weighted by molar-refractivity contribution is 7.89. The molecule has 0 bridgehead atoms. The number of carbonyl (C=O) groups excluding carboxylic acids is 1. The molecule has 0 saturated carbocycles. The highest BCUT2D eigenvalue weighted by Gasteiger charge is 2.25. The van der Waals surface area contributed by atoms with Crippen molar-refractivity contribution >= 4 is 15.9 Å². The molecule has 0 atom stereocenters. The van der Waals surface area contributed by atoms with Crippen molar-refractivity contribution in [1.29, 1.82) is 0 Å². The van der Waals surface area contributed by atoms with E-state index in [1.165, 1.54) is 24.3 Å². The van der Waals surface area contributed by atoms with Gasteiger partial charge in [0.25, 0.3) is 5.91 Å². The van der Waals surface area contributed by atoms with Crippen LogP contribution in [0.3, 0.4) is 0 Å². The smallest absolute Gasteiger partial charge is 0.251 e. The molecule has 1 aliphatic rings. The fraction of sp³-hybridized carbons (Fsp3) is 0.350. The van der Waals surface area contributed by atoms with Crippen LogP contribution < -0.4 is 19.5 Å². The first-order chi connectivity index (χ1) is 13.2. The Balaban J connectivity index is 1.66. The molecule has 8 heteroatoms. The lowest BCUT2D eigenvalue weighted by Gasteiger charge is -2.26. The van der Waals surface area contributed by atoms with Crippen LogP contribution in [-0.4, -0.2) is 34.2 Å². The third-order valence-corrected chi connectivity index (χ3v) is 6.17. The summed E-state index contributed by atoms with van der Waals surface area (Å²) in [6.45, 7) is 6.69. The van der Waals surface area contributed by atoms with Crippen LogP contribution in [0.15, 0.2) is 47.4 Å². The number of amides is 1. The molecule has 1 heterocycles. The molecule has 150 valence electrons. The van der Waals surface area contributed by atoms with Crippen LogP contribution in [0.25, 0.3) is 0 Å². The van der Waals surface area contributed by atoms with Crippen LogP contribution in [-0.2, 0) is 15.4 Å². The van der Waals surface area contributed by atoms with Gasteiger partial charge in [-0.25, -0.2) is 13.1 Å². The number of fused-ring (bicyclic) bond motifs is 1. The number of rotatable bonds is 7. The van der Waals surface area contributed by atoms with Gasteiger partial charge in [-0.1, -0.05) is 26.8 Å². The fourth-order valence-electron chi connectivity index (χ4n) is 2.88. The highest BCUT2D eigenvalue weighted by Crippen LogP contribution is 2.36. The number of sulfonamides is 1. The summed E-state index contributed by atoms with van der Waals surface area (Å²) in [5, 5.41) is 2.91. The maximum atomic E-state index is 12.5. The first kappa shape index (κ1) is 20.2. The topological polar surface area (TPSA) is 93.7 Å². The van der Waals surface area contributed by atoms with E-state index in [1.807, 2.05) is 32.0 Å². The Morgan fingerprint density at radius 3 is 2.43 bits per heavy atom. The third kappa shape index (κ3) is 4.28. The van der Waals surface area contributed by atoms with Crippen LogP contribution in [0.2, 0.25) is 0 Å². The Morgan fingerprint density at radius 1 is 1.07 bits per heavy atom. The van der Waals surface area contributed by atoms with E-state index in [1.54, 1.807) is 6.92 Å². The summed E-state index contributed by atoms with van der Waals surface area (Å²) in [5.74, 6) is 1.16. The lowest BCUT2D eigenvalue weighted by molar-refractivity contribution is 0.0945. The molecule has 0 fully saturated rings. The normalized spacial score (nSPS) is 13.4. The predicted octanol–water partition coefficient (Wildman–Crippen LogP) is 2.42. The van der Waals surface area contributed by atoms with E-state index in [2.05, 4.69) is 10.0 Å². The van der Waals surface area contributed by atoms with Crippen molar-refractivity contribution < 1.29 is 22.7 Å². The molecule has 2 aromatic rings. The average molecular weight is 404 g/mol. The van der Waals surface area contributed by atoms with E-state index in [0.717, 1.165) is 11.3 Å². The molecular weight excluding hydrogens is 380 g/mol. The molecule has 0 saturated heterocycles. The van der Waals surface area contributed by atoms with Crippen molar-refractivity contribution in [2.24, 2.45) is 0 Å². The SMILES string of the molecule is CCNS(=O)(=O)c1ccc(C(=O)NCC(C)(C)c2ccc3c(c2)OCO3)cc1. The van der Waals surface area contributed by atoms with Gasteiger partial charge in [-0.2, -0.15) is 0 Å². The summed E-state index contributed by atoms with van der Waals surface area (Å²) in [4.78, 5) is 12.6. The summed E-state index contributed by atoms with van der Waals surface area (Å²) in [6.07, 6.45) is 0. The number of hydrogen-bond acceptors (Lipinski definition) is 5. The van der Waals surface area contributed by atoms with Crippen molar-refractivity contribution in [3.63, 3.8) is 0 Å². The standard InChI is InChI=1S/C20H24N2O5S/c1-4-22-28(24,25)16-8-5-14(6-9-16)19(23)21-12-20(2,3)15-7-10-17-18(11-15)27-13-26-17/h5-11,22H,4,12-13H2,1-3H3,(H,21,23). The Hall–Kier alpha value is -2.58. The minimum atomic E-state index is -3.53. The monoisotopic (exact) mass is 404 g/mol. The van der Waals surface area contributed by atoms with Crippen molar-refractivity contribution in [2.45, 2.75) is 31.1 Å². The quantitative estimate of drug-likeness (QED) is 0.739. The van der Waals surface area contributed by atoms with Crippen molar-refractivity contribution in [2.75, 3.05) is 19.9 Å². The zero-order chi connectivity index (χ0) is 20.4. The summed E-state index contributed by atoms with van der Waals surface area (Å²) in [7, 11) is -3.53. The molecule has 0 unspecified atom stereocenters. The zero-order valence-corrected chi connectivity index (χ0v) is 16.9. The molecule has 1 aliphatic heterocycles. The largest absolute Gasteiger partial charge is 0.454 e. The molecule has 1 amide bonds. The van der Waals surface area contributed by atoms with Crippen molar-refractivity contribution in [3.05, 3.63) is 53.6 Å². The van der Waals surface area contributed by atoms with E-state index in [9.17, 15) is 13.2 Å². The molecule has 2 aromatic carbocycles. The van der Waals surface area contributed by atoms with Crippen LogP contribution in [0.5, 0.6) is 11.5 Å². The summed E-state index contributed by atoms with van der Waals surface area (Å²) >= 11 is 0. The number of carbonyl (C=O) groups is 1. The number of benzene rings is 2. The molecule has 0 aromatic heterocycles. The van der Waals surface area contributed by atoms with Crippen LogP contribution in [0, 0.1) is 0 Å². The van der Waals surface area contributed by atoms with Gasteiger partial charge in [0.1, 0.15) is 0 Å². The minimum Gasteiger partial charge on any atom is -0.454 e. The van der Waals surface area contributed by atoms with Gasteiger partial charge in [0.15, 0.2) is 11.5 Å². The highest BCUT2D eigenvalue weighted by atomic mass is 32.2. The van der Waals surface area contributed by atoms with Crippen molar-refractivity contribution in [1.82, 2.24) is 10.0 Å². The Morgan fingerprint density at radius 2 is 1.75 bits per heavy atom. The fourth-order valence-corrected chi connectivity index (χ4v) is 3.92. The second kappa shape index (κ2) is 7.81. The molecule has 2 N–H and O–H groups in total. The Kier molecular flexibility index (Phi) is 5.62. The van der Waals surface area contributed by atoms with E-state index in [-0.39, 0.29) is 23.0 Å². The van der Waals surface area contributed by atoms with Gasteiger partial charge >= 0.3 is 0 Å². The molecular formula is C20H24N2O5S. The molecule has 0 radical (unpaired) electrons. The third-order valence-electron chi connectivity index (χ3n) is 4.61. The number of hydrogen-bond donors (Lipinski definition) is 2. The van der Waals surface area contributed by atoms with E-state index < -0.39 is 10.0 Å². The molecule has 0 spiro atoms. The van der Waals surface area contributed by atoms with Gasteiger partial charge in [-0.05, 0) is 42.0 Å². The molecule has 28 heavy (non-hydrogen) atoms. The molecule has 7 nitrogen and oxygen atoms in total. The lowest BCUT2D eigenvalue weighted by Crippen LogP contribution is -2.36. The predicted molar refractivity (Wildman–Crippen MR) is 105 cm³/mol. The van der Waals surface area contributed by atoms with Gasteiger partial charge in [0.2, 0.25) is 16.8 Å². The zero-order valence-electron chi connectivity index (χ0n) is 16.1. The van der Waals surface area contributed by atoms with Crippen molar-refractivity contribution in [3.8, 4) is 11.5 Å². The van der Waals surface area contributed by atoms with Crippen LogP contribution >= 0.6 is 0 Å². The maximum Gasteiger partial charge on any atom is 0.251 e. The van der Waals surface area contributed by atoms with E-state index >= 15 is 0 Å². The van der Waals surface area contributed by atoms with Gasteiger partial charge in [0.05, 0.1) is 4.90 Å². The van der Waals surface area contributed by atoms with E-state index in [4.69, 9.17) is 9.47 Å². The van der Waals surface area contributed by atoms with Gasteiger partial charge in [0, 0.05) is 24.1 Å². The molecule has 3 rings (SSSR count). The number of ether oxygens (including phenoxy) is 2. The van der Waals surface area contributed by atoms with Gasteiger partial charge in [-0.3, -0.25) is 4.79 Å². The summed E-state index contributed by atoms with van der Waals surface area (Å²) in [5.41, 5.74) is 1.09. The average Bonchev–Trinajstić information content (AvgIpc) is 3.14. The minimum absolute atomic E-state index is 0.131. The molecule has 0 aliphatic carbocycles. The van der Waals surface area contributed by atoms with Crippen LogP contribution in [0.4, 0.5) is 0 Å². The number of nitrogens with one attached hydrogen (secondary N) is 2. The Labute approximate surface area is 165 Å². The Bertz CT molecular complexity index is 969. The summed E-state index contributed by atoms with van der Waals surface area (Å²) < 4.78 is 37.1. The second-order valence-electron chi connectivity index (χ2n) is 7.16. The second-order valence-corrected chi connectivity index (χ2v) is 8.93. The lowest BCUT2D eigenvalue weighted by atomic mass is 9.84. The maximum absolute atomic E-state index is 12.5. The van der Waals surface area contributed by atoms with E-state index in [0.29, 0.717) is 24.4 Å².